The Kier molecular flexibility index (Phi) is 5.95. The molecule has 0 aliphatic heterocycles. The monoisotopic (exact) mass is 466 g/mol. The number of aromatic amines is 1. The fourth-order valence-electron chi connectivity index (χ4n) is 3.45. The van der Waals surface area contributed by atoms with E-state index in [1.54, 1.807) is 0 Å². The van der Waals surface area contributed by atoms with E-state index in [1.165, 1.54) is 18.3 Å². The molecule has 0 saturated carbocycles. The number of H-pyrrole nitrogens is 1. The normalized spacial score (nSPS) is 12.4. The number of anilines is 1. The van der Waals surface area contributed by atoms with Gasteiger partial charge in [-0.1, -0.05) is 12.1 Å². The van der Waals surface area contributed by atoms with E-state index < -0.39 is 18.0 Å². The summed E-state index contributed by atoms with van der Waals surface area (Å²) in [5, 5.41) is 15.6. The standard InChI is InChI=1S/C22H20F2N8O2/c23-12-4-3-8-26-16(12)11-27-19-18-21(32-22(33)31-19)34-20(30-18)13(24)10-25-9-7-17-28-14-5-1-2-6-15(14)29-17/h1-6,8,13,25H,7,9-11H2,(H,28,29)(H2,27,31,32,33)/t13-/m1/s1. The van der Waals surface area contributed by atoms with Crippen molar-refractivity contribution in [2.75, 3.05) is 18.4 Å². The molecule has 0 amide bonds. The summed E-state index contributed by atoms with van der Waals surface area (Å²) in [6, 6.07) is 9.88. The van der Waals surface area contributed by atoms with Crippen LogP contribution in [0.4, 0.5) is 14.6 Å². The first kappa shape index (κ1) is 21.6. The maximum atomic E-state index is 14.8. The Labute approximate surface area is 191 Å². The second-order valence-corrected chi connectivity index (χ2v) is 7.49. The van der Waals surface area contributed by atoms with E-state index in [4.69, 9.17) is 4.42 Å². The molecule has 0 aliphatic rings. The molecule has 0 fully saturated rings. The quantitative estimate of drug-likeness (QED) is 0.241. The van der Waals surface area contributed by atoms with Gasteiger partial charge in [0.2, 0.25) is 5.89 Å². The van der Waals surface area contributed by atoms with Crippen LogP contribution in [0.3, 0.4) is 0 Å². The van der Waals surface area contributed by atoms with Gasteiger partial charge in [-0.2, -0.15) is 9.97 Å². The highest BCUT2D eigenvalue weighted by atomic mass is 19.1. The number of fused-ring (bicyclic) bond motifs is 2. The number of imidazole rings is 1. The predicted octanol–water partition coefficient (Wildman–Crippen LogP) is 3.19. The highest BCUT2D eigenvalue weighted by Gasteiger charge is 2.21. The Bertz CT molecular complexity index is 1400. The molecule has 34 heavy (non-hydrogen) atoms. The molecule has 0 aliphatic carbocycles. The first-order valence-corrected chi connectivity index (χ1v) is 10.6. The Morgan fingerprint density at radius 2 is 1.97 bits per heavy atom. The lowest BCUT2D eigenvalue weighted by molar-refractivity contribution is 0.272. The van der Waals surface area contributed by atoms with Crippen LogP contribution in [-0.4, -0.2) is 48.1 Å². The molecule has 4 heterocycles. The van der Waals surface area contributed by atoms with Gasteiger partial charge in [0.05, 0.1) is 23.3 Å². The lowest BCUT2D eigenvalue weighted by Gasteiger charge is -2.06. The molecular weight excluding hydrogens is 446 g/mol. The molecule has 0 radical (unpaired) electrons. The van der Waals surface area contributed by atoms with E-state index in [0.29, 0.717) is 13.0 Å². The van der Waals surface area contributed by atoms with Crippen molar-refractivity contribution in [2.24, 2.45) is 0 Å². The van der Waals surface area contributed by atoms with Crippen molar-refractivity contribution in [3.63, 3.8) is 0 Å². The van der Waals surface area contributed by atoms with Crippen LogP contribution in [0.1, 0.15) is 23.6 Å². The van der Waals surface area contributed by atoms with Crippen LogP contribution in [0.2, 0.25) is 0 Å². The van der Waals surface area contributed by atoms with Gasteiger partial charge < -0.3 is 25.1 Å². The van der Waals surface area contributed by atoms with E-state index in [0.717, 1.165) is 16.9 Å². The van der Waals surface area contributed by atoms with Crippen LogP contribution in [-0.2, 0) is 13.0 Å². The molecule has 5 rings (SSSR count). The molecule has 0 unspecified atom stereocenters. The minimum absolute atomic E-state index is 0.0250. The summed E-state index contributed by atoms with van der Waals surface area (Å²) in [4.78, 5) is 23.4. The average Bonchev–Trinajstić information content (AvgIpc) is 3.45. The fraction of sp³-hybridized carbons (Fsp3) is 0.227. The summed E-state index contributed by atoms with van der Waals surface area (Å²) in [6.07, 6.45) is 0.482. The molecule has 10 nitrogen and oxygen atoms in total. The van der Waals surface area contributed by atoms with E-state index in [2.05, 4.69) is 40.5 Å². The van der Waals surface area contributed by atoms with Gasteiger partial charge in [-0.05, 0) is 24.3 Å². The number of hydrogen-bond donors (Lipinski definition) is 4. The minimum Gasteiger partial charge on any atom is -0.479 e. The number of benzene rings is 1. The summed E-state index contributed by atoms with van der Waals surface area (Å²) in [6.45, 7) is 0.417. The summed E-state index contributed by atoms with van der Waals surface area (Å²) >= 11 is 0. The number of alkyl halides is 1. The molecule has 4 aromatic heterocycles. The number of para-hydroxylation sites is 2. The molecule has 4 N–H and O–H groups in total. The molecule has 174 valence electrons. The van der Waals surface area contributed by atoms with Crippen molar-refractivity contribution in [2.45, 2.75) is 19.1 Å². The number of oxazole rings is 1. The molecular formula is C22H20F2N8O2. The van der Waals surface area contributed by atoms with Gasteiger partial charge in [-0.25, -0.2) is 18.7 Å². The van der Waals surface area contributed by atoms with Gasteiger partial charge >= 0.3 is 6.01 Å². The Hall–Kier alpha value is -4.19. The van der Waals surface area contributed by atoms with Crippen molar-refractivity contribution in [3.05, 3.63) is 65.8 Å². The van der Waals surface area contributed by atoms with Gasteiger partial charge in [-0.3, -0.25) is 4.98 Å². The van der Waals surface area contributed by atoms with Gasteiger partial charge in [0.15, 0.2) is 17.5 Å². The summed E-state index contributed by atoms with van der Waals surface area (Å²) in [5.41, 5.74) is 2.01. The van der Waals surface area contributed by atoms with Crippen LogP contribution < -0.4 is 10.6 Å². The first-order chi connectivity index (χ1) is 16.6. The van der Waals surface area contributed by atoms with Crippen molar-refractivity contribution in [1.29, 1.82) is 0 Å². The largest absolute Gasteiger partial charge is 0.479 e. The third-order valence-corrected chi connectivity index (χ3v) is 5.09. The average molecular weight is 466 g/mol. The zero-order valence-electron chi connectivity index (χ0n) is 17.8. The molecule has 12 heteroatoms. The number of aromatic nitrogens is 6. The van der Waals surface area contributed by atoms with E-state index in [9.17, 15) is 13.9 Å². The number of hydrogen-bond acceptors (Lipinski definition) is 9. The van der Waals surface area contributed by atoms with Crippen LogP contribution in [0.15, 0.2) is 47.0 Å². The number of halogens is 2. The number of nitrogens with zero attached hydrogens (tertiary/aromatic N) is 5. The number of aromatic hydroxyl groups is 1. The Morgan fingerprint density at radius 3 is 2.82 bits per heavy atom. The molecule has 5 aromatic rings. The lowest BCUT2D eigenvalue weighted by atomic mass is 10.3. The first-order valence-electron chi connectivity index (χ1n) is 10.6. The zero-order chi connectivity index (χ0) is 23.5. The van der Waals surface area contributed by atoms with Crippen molar-refractivity contribution < 1.29 is 18.3 Å². The lowest BCUT2D eigenvalue weighted by Crippen LogP contribution is -2.22. The fourth-order valence-corrected chi connectivity index (χ4v) is 3.45. The highest BCUT2D eigenvalue weighted by molar-refractivity contribution is 5.81. The minimum atomic E-state index is -1.56. The number of nitrogens with one attached hydrogen (secondary N) is 3. The third kappa shape index (κ3) is 4.62. The topological polar surface area (TPSA) is 138 Å². The summed E-state index contributed by atoms with van der Waals surface area (Å²) < 4.78 is 34.0. The molecule has 0 bridgehead atoms. The van der Waals surface area contributed by atoms with E-state index >= 15 is 0 Å². The predicted molar refractivity (Wildman–Crippen MR) is 119 cm³/mol. The highest BCUT2D eigenvalue weighted by Crippen LogP contribution is 2.27. The van der Waals surface area contributed by atoms with Crippen LogP contribution in [0.5, 0.6) is 6.01 Å². The number of rotatable bonds is 9. The molecule has 1 aromatic carbocycles. The van der Waals surface area contributed by atoms with Crippen LogP contribution in [0, 0.1) is 5.82 Å². The van der Waals surface area contributed by atoms with Crippen molar-refractivity contribution in [1.82, 2.24) is 35.2 Å². The second-order valence-electron chi connectivity index (χ2n) is 7.49. The van der Waals surface area contributed by atoms with Crippen LogP contribution in [0.25, 0.3) is 22.3 Å². The van der Waals surface area contributed by atoms with Crippen LogP contribution >= 0.6 is 0 Å². The number of pyridine rings is 1. The van der Waals surface area contributed by atoms with E-state index in [1.807, 2.05) is 24.3 Å². The molecule has 0 saturated heterocycles. The van der Waals surface area contributed by atoms with E-state index in [-0.39, 0.29) is 41.7 Å². The van der Waals surface area contributed by atoms with Gasteiger partial charge in [0, 0.05) is 25.7 Å². The maximum absolute atomic E-state index is 14.8. The third-order valence-electron chi connectivity index (χ3n) is 5.09. The Balaban J connectivity index is 1.22. The van der Waals surface area contributed by atoms with Gasteiger partial charge in [0.25, 0.3) is 5.71 Å². The van der Waals surface area contributed by atoms with Crippen molar-refractivity contribution >= 4 is 28.1 Å². The molecule has 0 spiro atoms. The second kappa shape index (κ2) is 9.35. The summed E-state index contributed by atoms with van der Waals surface area (Å²) in [7, 11) is 0. The Morgan fingerprint density at radius 1 is 1.09 bits per heavy atom. The maximum Gasteiger partial charge on any atom is 0.319 e. The van der Waals surface area contributed by atoms with Gasteiger partial charge in [0.1, 0.15) is 11.6 Å². The summed E-state index contributed by atoms with van der Waals surface area (Å²) in [5.74, 6) is 0.172. The van der Waals surface area contributed by atoms with Crippen molar-refractivity contribution in [3.8, 4) is 6.01 Å². The smallest absolute Gasteiger partial charge is 0.319 e. The van der Waals surface area contributed by atoms with Gasteiger partial charge in [-0.15, -0.1) is 0 Å². The molecule has 1 atom stereocenters. The SMILES string of the molecule is Oc1nc(NCc2ncccc2F)c2nc([C@H](F)CNCCc3nc4ccccc4[nH]3)oc2n1. The zero-order valence-corrected chi connectivity index (χ0v) is 17.8.